The topological polar surface area (TPSA) is 101 Å². The van der Waals surface area contributed by atoms with Crippen LogP contribution in [0.2, 0.25) is 0 Å². The molecule has 7 heteroatoms. The van der Waals surface area contributed by atoms with Crippen LogP contribution in [0, 0.1) is 28.6 Å². The number of aliphatic hydroxyl groups excluding tert-OH is 1. The minimum atomic E-state index is -1.61. The number of carbonyl (C=O) groups excluding carboxylic acids is 3. The van der Waals surface area contributed by atoms with Crippen LogP contribution < -0.4 is 0 Å². The monoisotopic (exact) mass is 462 g/mol. The van der Waals surface area contributed by atoms with E-state index in [0.29, 0.717) is 30.2 Å². The maximum absolute atomic E-state index is 13.2. The zero-order valence-corrected chi connectivity index (χ0v) is 20.7. The van der Waals surface area contributed by atoms with E-state index in [-0.39, 0.29) is 35.5 Å². The van der Waals surface area contributed by atoms with Crippen molar-refractivity contribution in [1.82, 2.24) is 0 Å². The number of fused-ring (bicyclic) bond motifs is 5. The lowest BCUT2D eigenvalue weighted by Crippen LogP contribution is -2.62. The third kappa shape index (κ3) is 3.90. The second kappa shape index (κ2) is 7.99. The number of quaternary nitrogens is 1. The van der Waals surface area contributed by atoms with E-state index in [1.807, 2.05) is 28.1 Å². The van der Waals surface area contributed by atoms with Gasteiger partial charge in [-0.3, -0.25) is 9.59 Å². The Labute approximate surface area is 196 Å². The average molecular weight is 463 g/mol. The number of hydrogen-bond acceptors (Lipinski definition) is 6. The molecule has 4 aliphatic rings. The molecule has 0 aromatic rings. The molecule has 0 heterocycles. The fourth-order valence-corrected chi connectivity index (χ4v) is 7.85. The van der Waals surface area contributed by atoms with Crippen LogP contribution in [0.5, 0.6) is 0 Å². The summed E-state index contributed by atoms with van der Waals surface area (Å²) >= 11 is 0. The first-order valence-corrected chi connectivity index (χ1v) is 12.3. The average Bonchev–Trinajstić information content (AvgIpc) is 2.96. The summed E-state index contributed by atoms with van der Waals surface area (Å²) in [7, 11) is 5.60. The van der Waals surface area contributed by atoms with Gasteiger partial charge in [0.1, 0.15) is 5.60 Å². The first kappa shape index (κ1) is 24.6. The van der Waals surface area contributed by atoms with Crippen molar-refractivity contribution in [3.05, 3.63) is 11.6 Å². The molecule has 184 valence electrons. The van der Waals surface area contributed by atoms with Crippen molar-refractivity contribution in [2.24, 2.45) is 28.6 Å². The van der Waals surface area contributed by atoms with Crippen LogP contribution in [0.15, 0.2) is 11.6 Å². The number of allylic oxidation sites excluding steroid dienone is 1. The Morgan fingerprint density at radius 3 is 2.52 bits per heavy atom. The SMILES string of the molecule is C[C@]12CCC(=O)C=C1CC[C@H]1[C@H]2[C@@H](O)C[C@@]2(C)[C@@H]1CC[C@@]2(O)C(=O)COC(=O)C[N+](C)(C)C. The van der Waals surface area contributed by atoms with Crippen molar-refractivity contribution < 1.29 is 33.8 Å². The van der Waals surface area contributed by atoms with E-state index in [4.69, 9.17) is 4.74 Å². The van der Waals surface area contributed by atoms with Gasteiger partial charge in [0.15, 0.2) is 18.9 Å². The van der Waals surface area contributed by atoms with E-state index in [0.717, 1.165) is 24.8 Å². The number of rotatable bonds is 5. The Morgan fingerprint density at radius 2 is 1.85 bits per heavy atom. The van der Waals surface area contributed by atoms with Crippen molar-refractivity contribution in [3.8, 4) is 0 Å². The molecule has 0 aromatic heterocycles. The normalized spacial score (nSPS) is 42.6. The molecular weight excluding hydrogens is 422 g/mol. The van der Waals surface area contributed by atoms with Crippen molar-refractivity contribution in [2.75, 3.05) is 34.3 Å². The Morgan fingerprint density at radius 1 is 1.15 bits per heavy atom. The third-order valence-corrected chi connectivity index (χ3v) is 9.48. The zero-order valence-electron chi connectivity index (χ0n) is 20.7. The summed E-state index contributed by atoms with van der Waals surface area (Å²) in [5, 5.41) is 23.1. The van der Waals surface area contributed by atoms with E-state index in [1.165, 1.54) is 0 Å². The quantitative estimate of drug-likeness (QED) is 0.479. The molecule has 7 atom stereocenters. The summed E-state index contributed by atoms with van der Waals surface area (Å²) < 4.78 is 5.64. The highest BCUT2D eigenvalue weighted by Crippen LogP contribution is 2.67. The van der Waals surface area contributed by atoms with Crippen molar-refractivity contribution in [3.63, 3.8) is 0 Å². The second-order valence-electron chi connectivity index (χ2n) is 12.5. The summed E-state index contributed by atoms with van der Waals surface area (Å²) in [6, 6.07) is 0. The Bertz CT molecular complexity index is 890. The molecular formula is C26H40NO6+. The van der Waals surface area contributed by atoms with Crippen LogP contribution >= 0.6 is 0 Å². The van der Waals surface area contributed by atoms with Gasteiger partial charge in [0.2, 0.25) is 5.78 Å². The number of likely N-dealkylation sites (N-methyl/N-ethyl adjacent to an activating group) is 1. The lowest BCUT2D eigenvalue weighted by atomic mass is 9.45. The van der Waals surface area contributed by atoms with Gasteiger partial charge in [-0.25, -0.2) is 4.79 Å². The number of carbonyl (C=O) groups is 3. The largest absolute Gasteiger partial charge is 0.453 e. The lowest BCUT2D eigenvalue weighted by molar-refractivity contribution is -0.862. The highest BCUT2D eigenvalue weighted by atomic mass is 16.5. The van der Waals surface area contributed by atoms with Crippen molar-refractivity contribution >= 4 is 17.5 Å². The molecule has 33 heavy (non-hydrogen) atoms. The summed E-state index contributed by atoms with van der Waals surface area (Å²) in [5.41, 5.74) is -1.42. The molecule has 7 nitrogen and oxygen atoms in total. The van der Waals surface area contributed by atoms with Crippen LogP contribution in [-0.2, 0) is 19.1 Å². The van der Waals surface area contributed by atoms with Gasteiger partial charge in [0, 0.05) is 11.8 Å². The predicted octanol–water partition coefficient (Wildman–Crippen LogP) is 2.04. The number of ether oxygens (including phenoxy) is 1. The molecule has 0 saturated heterocycles. The minimum Gasteiger partial charge on any atom is -0.453 e. The number of hydrogen-bond donors (Lipinski definition) is 2. The number of ketones is 2. The van der Waals surface area contributed by atoms with Gasteiger partial charge in [-0.05, 0) is 67.8 Å². The highest BCUT2D eigenvalue weighted by Gasteiger charge is 2.68. The molecule has 4 aliphatic carbocycles. The molecule has 0 spiro atoms. The first-order chi connectivity index (χ1) is 15.2. The van der Waals surface area contributed by atoms with Crippen LogP contribution in [-0.4, -0.2) is 78.2 Å². The predicted molar refractivity (Wildman–Crippen MR) is 122 cm³/mol. The molecule has 0 radical (unpaired) electrons. The van der Waals surface area contributed by atoms with Gasteiger partial charge in [-0.2, -0.15) is 0 Å². The third-order valence-electron chi connectivity index (χ3n) is 9.48. The number of nitrogens with zero attached hydrogens (tertiary/aromatic N) is 1. The van der Waals surface area contributed by atoms with E-state index < -0.39 is 35.5 Å². The van der Waals surface area contributed by atoms with Crippen LogP contribution in [0.3, 0.4) is 0 Å². The zero-order chi connectivity index (χ0) is 24.4. The standard InChI is InChI=1S/C26H40NO6/c1-24-10-8-17(28)12-16(24)6-7-18-19-9-11-26(32,25(19,2)13-20(29)23(18)24)21(30)15-33-22(31)14-27(3,4)5/h12,18-20,23,29,32H,6-11,13-15H2,1-5H3/q+1/t18-,19-,20+,23+,24+,25+,26-/m1/s1. The molecule has 0 aromatic carbocycles. The van der Waals surface area contributed by atoms with Gasteiger partial charge >= 0.3 is 5.97 Å². The molecule has 2 N–H and O–H groups in total. The van der Waals surface area contributed by atoms with E-state index in [2.05, 4.69) is 6.92 Å². The summed E-state index contributed by atoms with van der Waals surface area (Å²) in [4.78, 5) is 37.4. The Balaban J connectivity index is 1.55. The molecule has 3 fully saturated rings. The Kier molecular flexibility index (Phi) is 5.95. The smallest absolute Gasteiger partial charge is 0.362 e. The van der Waals surface area contributed by atoms with Gasteiger partial charge in [-0.15, -0.1) is 0 Å². The Hall–Kier alpha value is -1.57. The van der Waals surface area contributed by atoms with Crippen molar-refractivity contribution in [2.45, 2.75) is 70.5 Å². The maximum atomic E-state index is 13.2. The molecule has 0 bridgehead atoms. The van der Waals surface area contributed by atoms with Crippen LogP contribution in [0.25, 0.3) is 0 Å². The van der Waals surface area contributed by atoms with Crippen LogP contribution in [0.1, 0.15) is 58.8 Å². The maximum Gasteiger partial charge on any atom is 0.362 e. The molecule has 0 unspecified atom stereocenters. The van der Waals surface area contributed by atoms with Crippen LogP contribution in [0.4, 0.5) is 0 Å². The number of aliphatic hydroxyl groups is 2. The first-order valence-electron chi connectivity index (χ1n) is 12.3. The second-order valence-corrected chi connectivity index (χ2v) is 12.5. The molecule has 0 amide bonds. The number of esters is 1. The summed E-state index contributed by atoms with van der Waals surface area (Å²) in [5.74, 6) is -0.414. The molecule has 4 rings (SSSR count). The molecule has 0 aliphatic heterocycles. The summed E-state index contributed by atoms with van der Waals surface area (Å²) in [6.07, 6.45) is 5.49. The lowest BCUT2D eigenvalue weighted by Gasteiger charge is -2.60. The number of Topliss-reactive ketones (excluding diaryl/α,β-unsaturated/α-hetero) is 1. The fourth-order valence-electron chi connectivity index (χ4n) is 7.85. The van der Waals surface area contributed by atoms with Gasteiger partial charge in [-0.1, -0.05) is 19.4 Å². The highest BCUT2D eigenvalue weighted by molar-refractivity contribution is 5.92. The molecule has 3 saturated carbocycles. The van der Waals surface area contributed by atoms with Crippen molar-refractivity contribution in [1.29, 1.82) is 0 Å². The van der Waals surface area contributed by atoms with E-state index >= 15 is 0 Å². The fraction of sp³-hybridized carbons (Fsp3) is 0.808. The van der Waals surface area contributed by atoms with Gasteiger partial charge < -0.3 is 19.4 Å². The van der Waals surface area contributed by atoms with Gasteiger partial charge in [0.05, 0.1) is 27.2 Å². The summed E-state index contributed by atoms with van der Waals surface area (Å²) in [6.45, 7) is 3.83. The van der Waals surface area contributed by atoms with E-state index in [1.54, 1.807) is 6.08 Å². The van der Waals surface area contributed by atoms with Gasteiger partial charge in [0.25, 0.3) is 0 Å². The van der Waals surface area contributed by atoms with E-state index in [9.17, 15) is 24.6 Å². The minimum absolute atomic E-state index is 0.0310.